The van der Waals surface area contributed by atoms with Gasteiger partial charge >= 0.3 is 0 Å². The third-order valence-corrected chi connectivity index (χ3v) is 4.24. The molecule has 0 atom stereocenters. The first-order valence-electron chi connectivity index (χ1n) is 6.53. The molecule has 6 heteroatoms. The Labute approximate surface area is 152 Å². The van der Waals surface area contributed by atoms with Crippen molar-refractivity contribution in [2.75, 3.05) is 6.61 Å². The Morgan fingerprint density at radius 2 is 1.95 bits per heavy atom. The van der Waals surface area contributed by atoms with Gasteiger partial charge in [-0.25, -0.2) is 0 Å². The smallest absolute Gasteiger partial charge is 0.175 e. The summed E-state index contributed by atoms with van der Waals surface area (Å²) in [5.74, 6) is 1.14. The Morgan fingerprint density at radius 1 is 1.18 bits per heavy atom. The molecule has 2 rings (SSSR count). The molecule has 22 heavy (non-hydrogen) atoms. The van der Waals surface area contributed by atoms with Gasteiger partial charge in [-0.05, 0) is 53.8 Å². The normalized spacial score (nSPS) is 10.4. The first-order chi connectivity index (χ1) is 10.5. The van der Waals surface area contributed by atoms with Gasteiger partial charge in [0.05, 0.1) is 10.2 Å². The second-order valence-electron chi connectivity index (χ2n) is 4.41. The van der Waals surface area contributed by atoms with Gasteiger partial charge in [0.1, 0.15) is 12.9 Å². The fraction of sp³-hybridized carbons (Fsp3) is 0.188. The van der Waals surface area contributed by atoms with Gasteiger partial charge in [0.15, 0.2) is 11.5 Å². The summed E-state index contributed by atoms with van der Waals surface area (Å²) < 4.78 is 12.2. The molecule has 0 N–H and O–H groups in total. The average molecular weight is 451 g/mol. The molecule has 0 saturated carbocycles. The molecular formula is C16H13Cl2IO3. The number of hydrogen-bond acceptors (Lipinski definition) is 3. The molecule has 0 bridgehead atoms. The molecule has 0 heterocycles. The molecule has 0 amide bonds. The first kappa shape index (κ1) is 17.4. The lowest BCUT2D eigenvalue weighted by Gasteiger charge is -2.15. The number of carbonyl (C=O) groups is 1. The van der Waals surface area contributed by atoms with Crippen LogP contribution >= 0.6 is 45.8 Å². The summed E-state index contributed by atoms with van der Waals surface area (Å²) in [7, 11) is 0. The van der Waals surface area contributed by atoms with Gasteiger partial charge in [-0.3, -0.25) is 4.79 Å². The van der Waals surface area contributed by atoms with E-state index in [0.29, 0.717) is 33.7 Å². The van der Waals surface area contributed by atoms with Crippen LogP contribution in [0.2, 0.25) is 10.0 Å². The van der Waals surface area contributed by atoms with Crippen molar-refractivity contribution in [1.29, 1.82) is 0 Å². The number of hydrogen-bond donors (Lipinski definition) is 0. The lowest BCUT2D eigenvalue weighted by atomic mass is 10.2. The molecule has 0 aliphatic carbocycles. The van der Waals surface area contributed by atoms with Crippen LogP contribution in [0, 0.1) is 3.57 Å². The zero-order chi connectivity index (χ0) is 16.1. The number of benzene rings is 2. The predicted octanol–water partition coefficient (Wildman–Crippen LogP) is 5.39. The van der Waals surface area contributed by atoms with E-state index in [1.165, 1.54) is 0 Å². The minimum absolute atomic E-state index is 0.284. The highest BCUT2D eigenvalue weighted by molar-refractivity contribution is 14.1. The van der Waals surface area contributed by atoms with Crippen molar-refractivity contribution in [2.45, 2.75) is 13.5 Å². The Hall–Kier alpha value is -0.980. The van der Waals surface area contributed by atoms with Crippen molar-refractivity contribution in [3.63, 3.8) is 0 Å². The topological polar surface area (TPSA) is 35.5 Å². The van der Waals surface area contributed by atoms with Gasteiger partial charge < -0.3 is 9.47 Å². The van der Waals surface area contributed by atoms with Crippen molar-refractivity contribution < 1.29 is 14.3 Å². The summed E-state index contributed by atoms with van der Waals surface area (Å²) in [6.07, 6.45) is 0.782. The highest BCUT2D eigenvalue weighted by atomic mass is 127. The van der Waals surface area contributed by atoms with Crippen LogP contribution < -0.4 is 9.47 Å². The summed E-state index contributed by atoms with van der Waals surface area (Å²) in [6, 6.07) is 8.66. The number of rotatable bonds is 6. The van der Waals surface area contributed by atoms with Crippen LogP contribution in [0.15, 0.2) is 30.3 Å². The van der Waals surface area contributed by atoms with E-state index in [-0.39, 0.29) is 6.61 Å². The minimum atomic E-state index is 0.284. The van der Waals surface area contributed by atoms with E-state index >= 15 is 0 Å². The number of ether oxygens (including phenoxy) is 2. The third-order valence-electron chi connectivity index (χ3n) is 2.85. The molecule has 0 aromatic heterocycles. The van der Waals surface area contributed by atoms with Crippen LogP contribution in [0.4, 0.5) is 0 Å². The predicted molar refractivity (Wildman–Crippen MR) is 96.5 cm³/mol. The standard InChI is InChI=1S/C16H13Cl2IO3/c1-2-21-15-6-10(8-20)5-14(19)16(15)22-9-11-3-4-12(17)7-13(11)18/h3-8H,2,9H2,1H3. The largest absolute Gasteiger partial charge is 0.490 e. The molecule has 0 spiro atoms. The van der Waals surface area contributed by atoms with Gasteiger partial charge in [0.2, 0.25) is 0 Å². The van der Waals surface area contributed by atoms with E-state index in [0.717, 1.165) is 15.4 Å². The molecule has 0 aliphatic rings. The maximum absolute atomic E-state index is 11.0. The summed E-state index contributed by atoms with van der Waals surface area (Å²) in [5.41, 5.74) is 1.37. The molecule has 0 fully saturated rings. The maximum Gasteiger partial charge on any atom is 0.175 e. The molecular weight excluding hydrogens is 438 g/mol. The Balaban J connectivity index is 2.26. The molecule has 2 aromatic carbocycles. The van der Waals surface area contributed by atoms with E-state index < -0.39 is 0 Å². The van der Waals surface area contributed by atoms with Gasteiger partial charge in [0.25, 0.3) is 0 Å². The fourth-order valence-electron chi connectivity index (χ4n) is 1.85. The maximum atomic E-state index is 11.0. The van der Waals surface area contributed by atoms with Crippen LogP contribution in [0.1, 0.15) is 22.8 Å². The van der Waals surface area contributed by atoms with E-state index in [1.54, 1.807) is 24.3 Å². The third kappa shape index (κ3) is 4.27. The molecule has 0 aliphatic heterocycles. The van der Waals surface area contributed by atoms with Gasteiger partial charge in [-0.2, -0.15) is 0 Å². The summed E-state index contributed by atoms with van der Waals surface area (Å²) in [4.78, 5) is 11.0. The molecule has 0 radical (unpaired) electrons. The van der Waals surface area contributed by atoms with Crippen LogP contribution in [0.5, 0.6) is 11.5 Å². The highest BCUT2D eigenvalue weighted by Gasteiger charge is 2.13. The molecule has 0 unspecified atom stereocenters. The highest BCUT2D eigenvalue weighted by Crippen LogP contribution is 2.35. The summed E-state index contributed by atoms with van der Waals surface area (Å²) in [5, 5.41) is 1.12. The van der Waals surface area contributed by atoms with Gasteiger partial charge in [-0.15, -0.1) is 0 Å². The lowest BCUT2D eigenvalue weighted by Crippen LogP contribution is -2.03. The van der Waals surface area contributed by atoms with Crippen molar-refractivity contribution in [2.24, 2.45) is 0 Å². The van der Waals surface area contributed by atoms with Crippen molar-refractivity contribution in [3.8, 4) is 11.5 Å². The zero-order valence-electron chi connectivity index (χ0n) is 11.7. The Bertz CT molecular complexity index is 689. The lowest BCUT2D eigenvalue weighted by molar-refractivity contribution is 0.112. The molecule has 116 valence electrons. The van der Waals surface area contributed by atoms with E-state index in [1.807, 2.05) is 13.0 Å². The Kier molecular flexibility index (Phi) is 6.35. The van der Waals surface area contributed by atoms with Crippen LogP contribution in [-0.4, -0.2) is 12.9 Å². The van der Waals surface area contributed by atoms with Gasteiger partial charge in [-0.1, -0.05) is 29.3 Å². The first-order valence-corrected chi connectivity index (χ1v) is 8.36. The SMILES string of the molecule is CCOc1cc(C=O)cc(I)c1OCc1ccc(Cl)cc1Cl. The van der Waals surface area contributed by atoms with E-state index in [4.69, 9.17) is 32.7 Å². The Morgan fingerprint density at radius 3 is 2.59 bits per heavy atom. The van der Waals surface area contributed by atoms with E-state index in [9.17, 15) is 4.79 Å². The number of halogens is 3. The molecule has 2 aromatic rings. The zero-order valence-corrected chi connectivity index (χ0v) is 15.4. The molecule has 3 nitrogen and oxygen atoms in total. The summed E-state index contributed by atoms with van der Waals surface area (Å²) in [6.45, 7) is 2.64. The number of carbonyl (C=O) groups excluding carboxylic acids is 1. The van der Waals surface area contributed by atoms with E-state index in [2.05, 4.69) is 22.6 Å². The quantitative estimate of drug-likeness (QED) is 0.437. The summed E-state index contributed by atoms with van der Waals surface area (Å²) >= 11 is 14.1. The van der Waals surface area contributed by atoms with Crippen LogP contribution in [-0.2, 0) is 6.61 Å². The second kappa shape index (κ2) is 8.04. The van der Waals surface area contributed by atoms with Crippen molar-refractivity contribution in [1.82, 2.24) is 0 Å². The monoisotopic (exact) mass is 450 g/mol. The molecule has 0 saturated heterocycles. The van der Waals surface area contributed by atoms with Crippen LogP contribution in [0.3, 0.4) is 0 Å². The number of aldehydes is 1. The van der Waals surface area contributed by atoms with Crippen LogP contribution in [0.25, 0.3) is 0 Å². The van der Waals surface area contributed by atoms with Crippen molar-refractivity contribution >= 4 is 52.1 Å². The fourth-order valence-corrected chi connectivity index (χ4v) is 3.09. The van der Waals surface area contributed by atoms with Crippen molar-refractivity contribution in [3.05, 3.63) is 55.1 Å². The van der Waals surface area contributed by atoms with Gasteiger partial charge in [0, 0.05) is 21.2 Å². The average Bonchev–Trinajstić information content (AvgIpc) is 2.48. The minimum Gasteiger partial charge on any atom is -0.490 e. The second-order valence-corrected chi connectivity index (χ2v) is 6.41.